The second kappa shape index (κ2) is 10.7. The summed E-state index contributed by atoms with van der Waals surface area (Å²) in [6.45, 7) is 5.41. The van der Waals surface area contributed by atoms with E-state index in [0.717, 1.165) is 24.0 Å². The summed E-state index contributed by atoms with van der Waals surface area (Å²) in [4.78, 5) is 33.8. The number of aromatic nitrogens is 2. The van der Waals surface area contributed by atoms with E-state index in [1.807, 2.05) is 71.8 Å². The third-order valence-corrected chi connectivity index (χ3v) is 7.61. The van der Waals surface area contributed by atoms with Crippen molar-refractivity contribution in [3.8, 4) is 5.75 Å². The van der Waals surface area contributed by atoms with Crippen LogP contribution in [0.15, 0.2) is 65.5 Å². The Morgan fingerprint density at radius 1 is 0.917 bits per heavy atom. The van der Waals surface area contributed by atoms with Gasteiger partial charge >= 0.3 is 5.56 Å². The van der Waals surface area contributed by atoms with Crippen LogP contribution in [0.2, 0.25) is 0 Å². The average molecular weight is 486 g/mol. The smallest absolute Gasteiger partial charge is 0.316 e. The van der Waals surface area contributed by atoms with E-state index in [1.165, 1.54) is 19.3 Å². The molecule has 1 aromatic heterocycles. The summed E-state index contributed by atoms with van der Waals surface area (Å²) in [5.74, 6) is 0.972. The van der Waals surface area contributed by atoms with Gasteiger partial charge in [0, 0.05) is 25.0 Å². The number of ether oxygens (including phenoxy) is 1. The van der Waals surface area contributed by atoms with Gasteiger partial charge in [0.2, 0.25) is 5.75 Å². The highest BCUT2D eigenvalue weighted by atomic mass is 16.5. The van der Waals surface area contributed by atoms with Crippen LogP contribution in [0.4, 0.5) is 0 Å². The van der Waals surface area contributed by atoms with Gasteiger partial charge in [-0.3, -0.25) is 9.59 Å². The second-order valence-corrected chi connectivity index (χ2v) is 10.3. The number of hydrogen-bond acceptors (Lipinski definition) is 4. The van der Waals surface area contributed by atoms with E-state index < -0.39 is 5.56 Å². The Hall–Kier alpha value is -3.41. The average Bonchev–Trinajstić information content (AvgIpc) is 2.90. The van der Waals surface area contributed by atoms with Crippen LogP contribution in [0.1, 0.15) is 79.3 Å². The van der Waals surface area contributed by atoms with Crippen LogP contribution in [0.25, 0.3) is 0 Å². The first-order chi connectivity index (χ1) is 17.5. The Morgan fingerprint density at radius 3 is 2.25 bits per heavy atom. The molecule has 1 aliphatic heterocycles. The molecule has 0 spiro atoms. The molecule has 3 aromatic rings. The second-order valence-electron chi connectivity index (χ2n) is 10.3. The summed E-state index contributed by atoms with van der Waals surface area (Å²) < 4.78 is 8.06. The van der Waals surface area contributed by atoms with Crippen LogP contribution in [-0.4, -0.2) is 32.9 Å². The number of hydrogen-bond donors (Lipinski definition) is 0. The zero-order chi connectivity index (χ0) is 25.1. The van der Waals surface area contributed by atoms with Crippen molar-refractivity contribution < 1.29 is 9.53 Å². The minimum atomic E-state index is -0.456. The maximum absolute atomic E-state index is 13.8. The van der Waals surface area contributed by atoms with Gasteiger partial charge < -0.3 is 14.2 Å². The first kappa shape index (κ1) is 24.3. The highest BCUT2D eigenvalue weighted by molar-refractivity contribution is 5.96. The minimum absolute atomic E-state index is 0.0282. The first-order valence-corrected chi connectivity index (χ1v) is 13.2. The summed E-state index contributed by atoms with van der Waals surface area (Å²) in [5, 5.41) is 0. The fourth-order valence-corrected chi connectivity index (χ4v) is 5.79. The maximum atomic E-state index is 13.8. The van der Waals surface area contributed by atoms with Gasteiger partial charge in [0.25, 0.3) is 5.91 Å². The van der Waals surface area contributed by atoms with E-state index in [1.54, 1.807) is 0 Å². The normalized spacial score (nSPS) is 17.2. The number of rotatable bonds is 7. The highest BCUT2D eigenvalue weighted by Crippen LogP contribution is 2.40. The summed E-state index contributed by atoms with van der Waals surface area (Å²) >= 11 is 0. The molecule has 6 nitrogen and oxygen atoms in total. The van der Waals surface area contributed by atoms with Crippen molar-refractivity contribution in [3.63, 3.8) is 0 Å². The first-order valence-electron chi connectivity index (χ1n) is 13.2. The molecule has 1 aliphatic carbocycles. The lowest BCUT2D eigenvalue weighted by Crippen LogP contribution is -2.47. The Bertz CT molecular complexity index is 1250. The maximum Gasteiger partial charge on any atom is 0.316 e. The molecule has 1 saturated carbocycles. The molecule has 36 heavy (non-hydrogen) atoms. The molecule has 0 bridgehead atoms. The molecule has 2 aliphatic rings. The molecular weight excluding hydrogens is 450 g/mol. The molecule has 0 N–H and O–H groups in total. The third kappa shape index (κ3) is 4.81. The van der Waals surface area contributed by atoms with Crippen LogP contribution in [0, 0.1) is 5.92 Å². The molecule has 1 amide bonds. The van der Waals surface area contributed by atoms with E-state index in [0.29, 0.717) is 30.5 Å². The van der Waals surface area contributed by atoms with Gasteiger partial charge in [-0.15, -0.1) is 0 Å². The fraction of sp³-hybridized carbons (Fsp3) is 0.433. The quantitative estimate of drug-likeness (QED) is 0.450. The predicted molar refractivity (Wildman–Crippen MR) is 140 cm³/mol. The Balaban J connectivity index is 1.64. The molecule has 5 rings (SSSR count). The fourth-order valence-electron chi connectivity index (χ4n) is 5.79. The van der Waals surface area contributed by atoms with Gasteiger partial charge in [0.15, 0.2) is 5.69 Å². The van der Waals surface area contributed by atoms with Gasteiger partial charge in [0.1, 0.15) is 12.4 Å². The molecule has 6 heteroatoms. The molecule has 1 fully saturated rings. The number of fused-ring (bicyclic) bond motifs is 1. The molecule has 0 saturated heterocycles. The van der Waals surface area contributed by atoms with Gasteiger partial charge in [-0.1, -0.05) is 79.9 Å². The predicted octanol–water partition coefficient (Wildman–Crippen LogP) is 5.40. The minimum Gasteiger partial charge on any atom is -0.481 e. The van der Waals surface area contributed by atoms with Crippen LogP contribution in [-0.2, 0) is 13.2 Å². The van der Waals surface area contributed by atoms with E-state index in [-0.39, 0.29) is 30.2 Å². The number of carbonyl (C=O) groups is 1. The molecule has 0 radical (unpaired) electrons. The van der Waals surface area contributed by atoms with Crippen molar-refractivity contribution in [1.82, 2.24) is 14.5 Å². The molecule has 1 unspecified atom stereocenters. The van der Waals surface area contributed by atoms with Gasteiger partial charge in [-0.25, -0.2) is 0 Å². The third-order valence-electron chi connectivity index (χ3n) is 7.61. The van der Waals surface area contributed by atoms with Crippen LogP contribution < -0.4 is 10.3 Å². The van der Waals surface area contributed by atoms with E-state index in [9.17, 15) is 9.59 Å². The number of amides is 1. The summed E-state index contributed by atoms with van der Waals surface area (Å²) in [5.41, 5.74) is 1.98. The molecule has 2 aromatic carbocycles. The lowest BCUT2D eigenvalue weighted by Gasteiger charge is -2.37. The summed E-state index contributed by atoms with van der Waals surface area (Å²) in [6, 6.07) is 20.1. The van der Waals surface area contributed by atoms with Crippen LogP contribution in [0.5, 0.6) is 5.75 Å². The van der Waals surface area contributed by atoms with Crippen molar-refractivity contribution in [2.45, 2.75) is 71.1 Å². The number of carbonyl (C=O) groups excluding carboxylic acids is 1. The van der Waals surface area contributed by atoms with Crippen molar-refractivity contribution in [1.29, 1.82) is 0 Å². The SMILES string of the molecule is CC(C)N1CCn2c(C(c3ccccc3)C3CCCCC3)nc(=O)c(OCc3ccccc3)c2C1=O. The number of benzene rings is 2. The van der Waals surface area contributed by atoms with Crippen molar-refractivity contribution in [2.24, 2.45) is 5.92 Å². The standard InChI is InChI=1S/C30H35N3O3/c1-21(2)32-18-19-33-26(30(32)35)27(36-20-22-12-6-3-7-13-22)29(34)31-28(33)25(23-14-8-4-9-15-23)24-16-10-5-11-17-24/h3-4,6-9,12-15,21,24-25H,5,10-11,16-20H2,1-2H3. The topological polar surface area (TPSA) is 64.4 Å². The monoisotopic (exact) mass is 485 g/mol. The number of nitrogens with zero attached hydrogens (tertiary/aromatic N) is 3. The van der Waals surface area contributed by atoms with Gasteiger partial charge in [0.05, 0.1) is 0 Å². The Kier molecular flexibility index (Phi) is 7.21. The molecular formula is C30H35N3O3. The van der Waals surface area contributed by atoms with Crippen molar-refractivity contribution in [3.05, 3.63) is 93.7 Å². The lowest BCUT2D eigenvalue weighted by atomic mass is 9.76. The zero-order valence-electron chi connectivity index (χ0n) is 21.2. The van der Waals surface area contributed by atoms with E-state index in [2.05, 4.69) is 17.1 Å². The summed E-state index contributed by atoms with van der Waals surface area (Å²) in [7, 11) is 0. The summed E-state index contributed by atoms with van der Waals surface area (Å²) in [6.07, 6.45) is 5.82. The highest BCUT2D eigenvalue weighted by Gasteiger charge is 2.37. The Labute approximate surface area is 212 Å². The van der Waals surface area contributed by atoms with Gasteiger partial charge in [-0.05, 0) is 43.7 Å². The van der Waals surface area contributed by atoms with E-state index >= 15 is 0 Å². The van der Waals surface area contributed by atoms with Gasteiger partial charge in [-0.2, -0.15) is 4.98 Å². The lowest BCUT2D eigenvalue weighted by molar-refractivity contribution is 0.0632. The zero-order valence-corrected chi connectivity index (χ0v) is 21.2. The van der Waals surface area contributed by atoms with E-state index in [4.69, 9.17) is 4.74 Å². The van der Waals surface area contributed by atoms with Crippen LogP contribution >= 0.6 is 0 Å². The Morgan fingerprint density at radius 2 is 1.58 bits per heavy atom. The molecule has 188 valence electrons. The largest absolute Gasteiger partial charge is 0.481 e. The van der Waals surface area contributed by atoms with Crippen molar-refractivity contribution in [2.75, 3.05) is 6.54 Å². The van der Waals surface area contributed by atoms with Crippen molar-refractivity contribution >= 4 is 5.91 Å². The molecule has 2 heterocycles. The van der Waals surface area contributed by atoms with Crippen LogP contribution in [0.3, 0.4) is 0 Å². The molecule has 1 atom stereocenters.